The van der Waals surface area contributed by atoms with Gasteiger partial charge in [-0.2, -0.15) is 0 Å². The first-order chi connectivity index (χ1) is 14.6. The van der Waals surface area contributed by atoms with E-state index in [0.29, 0.717) is 26.1 Å². The first-order valence-electron chi connectivity index (χ1n) is 12.9. The van der Waals surface area contributed by atoms with Crippen LogP contribution in [0.25, 0.3) is 0 Å². The van der Waals surface area contributed by atoms with E-state index in [1.54, 1.807) is 0 Å². The van der Waals surface area contributed by atoms with Crippen molar-refractivity contribution in [2.75, 3.05) is 13.2 Å². The number of esters is 2. The predicted octanol–water partition coefficient (Wildman–Crippen LogP) is 6.31. The minimum Gasteiger partial charge on any atom is -0.466 e. The van der Waals surface area contributed by atoms with Crippen LogP contribution in [0.2, 0.25) is 0 Å². The lowest BCUT2D eigenvalue weighted by atomic mass is 9.60. The maximum absolute atomic E-state index is 11.7. The molecule has 0 aromatic heterocycles. The summed E-state index contributed by atoms with van der Waals surface area (Å²) in [5.74, 6) is 5.14. The van der Waals surface area contributed by atoms with Gasteiger partial charge in [0.15, 0.2) is 0 Å². The third-order valence-electron chi connectivity index (χ3n) is 8.44. The van der Waals surface area contributed by atoms with Gasteiger partial charge in [-0.15, -0.1) is 0 Å². The Hall–Kier alpha value is -1.06. The molecule has 0 spiro atoms. The monoisotopic (exact) mass is 420 g/mol. The number of hydrogen-bond acceptors (Lipinski definition) is 4. The Morgan fingerprint density at radius 1 is 0.600 bits per heavy atom. The van der Waals surface area contributed by atoms with Crippen LogP contribution in [0.1, 0.15) is 104 Å². The van der Waals surface area contributed by atoms with E-state index >= 15 is 0 Å². The van der Waals surface area contributed by atoms with Crippen molar-refractivity contribution < 1.29 is 19.1 Å². The van der Waals surface area contributed by atoms with Gasteiger partial charge in [0.2, 0.25) is 0 Å². The van der Waals surface area contributed by atoms with Gasteiger partial charge in [-0.05, 0) is 107 Å². The van der Waals surface area contributed by atoms with E-state index in [1.165, 1.54) is 64.2 Å². The molecule has 4 heteroatoms. The molecule has 0 aromatic rings. The van der Waals surface area contributed by atoms with Crippen molar-refractivity contribution in [3.63, 3.8) is 0 Å². The molecule has 172 valence electrons. The Balaban J connectivity index is 1.34. The van der Waals surface area contributed by atoms with Crippen molar-refractivity contribution in [3.8, 4) is 0 Å². The standard InChI is InChI=1S/C26H44O4/c1-3-29-25(27)15-8-19-5-10-21(11-6-19)23-14-13-22-17-20(7-12-24(22)18-23)9-16-26(28)30-4-2/h19-24H,3-18H2,1-2H3. The molecular formula is C26H44O4. The summed E-state index contributed by atoms with van der Waals surface area (Å²) in [5.41, 5.74) is 0. The van der Waals surface area contributed by atoms with Crippen LogP contribution in [0.5, 0.6) is 0 Å². The van der Waals surface area contributed by atoms with E-state index in [4.69, 9.17) is 9.47 Å². The zero-order valence-corrected chi connectivity index (χ0v) is 19.4. The van der Waals surface area contributed by atoms with Crippen LogP contribution in [-0.4, -0.2) is 25.2 Å². The molecule has 0 aliphatic heterocycles. The van der Waals surface area contributed by atoms with Crippen molar-refractivity contribution in [1.82, 2.24) is 0 Å². The summed E-state index contributed by atoms with van der Waals surface area (Å²) < 4.78 is 10.2. The zero-order chi connectivity index (χ0) is 21.3. The Morgan fingerprint density at radius 3 is 1.63 bits per heavy atom. The summed E-state index contributed by atoms with van der Waals surface area (Å²) in [6, 6.07) is 0. The molecule has 0 radical (unpaired) electrons. The molecule has 4 nitrogen and oxygen atoms in total. The molecule has 3 rings (SSSR count). The van der Waals surface area contributed by atoms with E-state index < -0.39 is 0 Å². The van der Waals surface area contributed by atoms with Crippen LogP contribution < -0.4 is 0 Å². The van der Waals surface area contributed by atoms with Crippen molar-refractivity contribution in [2.45, 2.75) is 104 Å². The molecule has 0 heterocycles. The fourth-order valence-electron chi connectivity index (χ4n) is 6.77. The molecule has 0 bridgehead atoms. The molecule has 4 atom stereocenters. The Kier molecular flexibility index (Phi) is 9.52. The first-order valence-corrected chi connectivity index (χ1v) is 12.9. The van der Waals surface area contributed by atoms with Crippen LogP contribution in [0.4, 0.5) is 0 Å². The fraction of sp³-hybridized carbons (Fsp3) is 0.923. The lowest BCUT2D eigenvalue weighted by Crippen LogP contribution is -2.34. The summed E-state index contributed by atoms with van der Waals surface area (Å²) in [7, 11) is 0. The van der Waals surface area contributed by atoms with E-state index in [-0.39, 0.29) is 11.9 Å². The molecule has 4 unspecified atom stereocenters. The van der Waals surface area contributed by atoms with Gasteiger partial charge >= 0.3 is 11.9 Å². The number of rotatable bonds is 9. The number of carbonyl (C=O) groups excluding carboxylic acids is 2. The highest BCUT2D eigenvalue weighted by atomic mass is 16.5. The average molecular weight is 421 g/mol. The van der Waals surface area contributed by atoms with Crippen molar-refractivity contribution >= 4 is 11.9 Å². The molecule has 0 saturated heterocycles. The molecule has 3 saturated carbocycles. The Bertz CT molecular complexity index is 534. The lowest BCUT2D eigenvalue weighted by molar-refractivity contribution is -0.144. The summed E-state index contributed by atoms with van der Waals surface area (Å²) >= 11 is 0. The quantitative estimate of drug-likeness (QED) is 0.410. The predicted molar refractivity (Wildman–Crippen MR) is 119 cm³/mol. The molecule has 3 aliphatic carbocycles. The van der Waals surface area contributed by atoms with Gasteiger partial charge in [0.05, 0.1) is 13.2 Å². The van der Waals surface area contributed by atoms with Gasteiger partial charge in [0.1, 0.15) is 0 Å². The highest BCUT2D eigenvalue weighted by Crippen LogP contribution is 2.49. The van der Waals surface area contributed by atoms with Crippen LogP contribution in [0.3, 0.4) is 0 Å². The Morgan fingerprint density at radius 2 is 1.03 bits per heavy atom. The zero-order valence-electron chi connectivity index (χ0n) is 19.4. The van der Waals surface area contributed by atoms with Crippen molar-refractivity contribution in [2.24, 2.45) is 35.5 Å². The molecule has 30 heavy (non-hydrogen) atoms. The average Bonchev–Trinajstić information content (AvgIpc) is 2.76. The largest absolute Gasteiger partial charge is 0.466 e. The van der Waals surface area contributed by atoms with Gasteiger partial charge in [-0.3, -0.25) is 9.59 Å². The maximum atomic E-state index is 11.7. The van der Waals surface area contributed by atoms with Crippen molar-refractivity contribution in [3.05, 3.63) is 0 Å². The Labute approximate surface area is 183 Å². The molecule has 0 aromatic carbocycles. The SMILES string of the molecule is CCOC(=O)CCC1CCC(C2CCC3CC(CCC(=O)OCC)CCC3C2)CC1. The minimum absolute atomic E-state index is 0.0128. The molecule has 3 aliphatic rings. The second-order valence-electron chi connectivity index (χ2n) is 10.2. The molecular weight excluding hydrogens is 376 g/mol. The van der Waals surface area contributed by atoms with E-state index in [1.807, 2.05) is 13.8 Å². The molecule has 0 amide bonds. The normalized spacial score (nSPS) is 34.1. The third kappa shape index (κ3) is 6.99. The van der Waals surface area contributed by atoms with Gasteiger partial charge in [-0.25, -0.2) is 0 Å². The van der Waals surface area contributed by atoms with Crippen LogP contribution in [-0.2, 0) is 19.1 Å². The first kappa shape index (κ1) is 23.6. The highest BCUT2D eigenvalue weighted by molar-refractivity contribution is 5.69. The van der Waals surface area contributed by atoms with Gasteiger partial charge in [-0.1, -0.05) is 19.3 Å². The van der Waals surface area contributed by atoms with Gasteiger partial charge in [0, 0.05) is 12.8 Å². The second-order valence-corrected chi connectivity index (χ2v) is 10.2. The number of ether oxygens (including phenoxy) is 2. The second kappa shape index (κ2) is 12.1. The summed E-state index contributed by atoms with van der Waals surface area (Å²) in [4.78, 5) is 23.3. The van der Waals surface area contributed by atoms with E-state index in [2.05, 4.69) is 0 Å². The summed E-state index contributed by atoms with van der Waals surface area (Å²) in [5, 5.41) is 0. The van der Waals surface area contributed by atoms with Gasteiger partial charge < -0.3 is 9.47 Å². The maximum Gasteiger partial charge on any atom is 0.305 e. The van der Waals surface area contributed by atoms with E-state index in [0.717, 1.165) is 48.3 Å². The highest BCUT2D eigenvalue weighted by Gasteiger charge is 2.38. The number of carbonyl (C=O) groups is 2. The third-order valence-corrected chi connectivity index (χ3v) is 8.44. The fourth-order valence-corrected chi connectivity index (χ4v) is 6.77. The topological polar surface area (TPSA) is 52.6 Å². The lowest BCUT2D eigenvalue weighted by Gasteiger charge is -2.45. The van der Waals surface area contributed by atoms with Crippen LogP contribution in [0.15, 0.2) is 0 Å². The molecule has 3 fully saturated rings. The number of fused-ring (bicyclic) bond motifs is 1. The summed E-state index contributed by atoms with van der Waals surface area (Å²) in [6.45, 7) is 4.77. The number of hydrogen-bond donors (Lipinski definition) is 0. The van der Waals surface area contributed by atoms with Crippen molar-refractivity contribution in [1.29, 1.82) is 0 Å². The smallest absolute Gasteiger partial charge is 0.305 e. The van der Waals surface area contributed by atoms with Crippen LogP contribution >= 0.6 is 0 Å². The summed E-state index contributed by atoms with van der Waals surface area (Å²) in [6.07, 6.45) is 17.0. The van der Waals surface area contributed by atoms with E-state index in [9.17, 15) is 9.59 Å². The minimum atomic E-state index is -0.0178. The van der Waals surface area contributed by atoms with Gasteiger partial charge in [0.25, 0.3) is 0 Å². The molecule has 0 N–H and O–H groups in total. The van der Waals surface area contributed by atoms with Crippen LogP contribution in [0, 0.1) is 35.5 Å².